The molecule has 28 heavy (non-hydrogen) atoms. The molecule has 0 radical (unpaired) electrons. The zero-order valence-corrected chi connectivity index (χ0v) is 15.0. The first-order chi connectivity index (χ1) is 13.7. The van der Waals surface area contributed by atoms with Crippen molar-refractivity contribution in [3.05, 3.63) is 82.2 Å². The molecule has 0 atom stereocenters. The fraction of sp³-hybridized carbons (Fsp3) is 0.143. The third-order valence-electron chi connectivity index (χ3n) is 5.06. The van der Waals surface area contributed by atoms with Crippen molar-refractivity contribution in [1.29, 1.82) is 0 Å². The highest BCUT2D eigenvalue weighted by Crippen LogP contribution is 2.21. The molecule has 0 spiro atoms. The molecular weight excluding hydrogens is 354 g/mol. The van der Waals surface area contributed by atoms with Crippen LogP contribution < -0.4 is 5.56 Å². The Morgan fingerprint density at radius 2 is 2.00 bits per heavy atom. The minimum atomic E-state index is -0.151. The Bertz CT molecular complexity index is 1210. The van der Waals surface area contributed by atoms with Gasteiger partial charge in [-0.3, -0.25) is 14.6 Å². The van der Waals surface area contributed by atoms with Crippen LogP contribution in [-0.2, 0) is 13.0 Å². The van der Waals surface area contributed by atoms with E-state index < -0.39 is 0 Å². The largest absolute Gasteiger partial charge is 0.351 e. The number of amides is 1. The number of H-pyrrole nitrogens is 2. The summed E-state index contributed by atoms with van der Waals surface area (Å²) in [4.78, 5) is 41.9. The molecule has 0 saturated carbocycles. The third-order valence-corrected chi connectivity index (χ3v) is 5.06. The van der Waals surface area contributed by atoms with Crippen LogP contribution in [0.2, 0.25) is 0 Å². The van der Waals surface area contributed by atoms with E-state index in [-0.39, 0.29) is 11.5 Å². The molecule has 1 aliphatic heterocycles. The van der Waals surface area contributed by atoms with Crippen molar-refractivity contribution in [3.63, 3.8) is 0 Å². The van der Waals surface area contributed by atoms with E-state index >= 15 is 0 Å². The van der Waals surface area contributed by atoms with Crippen molar-refractivity contribution in [2.75, 3.05) is 6.54 Å². The molecule has 1 aliphatic rings. The third kappa shape index (κ3) is 2.77. The van der Waals surface area contributed by atoms with Gasteiger partial charge in [-0.2, -0.15) is 0 Å². The minimum Gasteiger partial charge on any atom is -0.351 e. The number of hydrogen-bond acceptors (Lipinski definition) is 4. The summed E-state index contributed by atoms with van der Waals surface area (Å²) in [7, 11) is 0. The van der Waals surface area contributed by atoms with E-state index in [1.165, 1.54) is 0 Å². The number of nitrogens with one attached hydrogen (secondary N) is 2. The van der Waals surface area contributed by atoms with Crippen molar-refractivity contribution in [2.45, 2.75) is 13.0 Å². The summed E-state index contributed by atoms with van der Waals surface area (Å²) in [5.74, 6) is 0.378. The Balaban J connectivity index is 1.48. The number of carbonyl (C=O) groups excluding carboxylic acids is 1. The molecule has 1 aromatic carbocycles. The van der Waals surface area contributed by atoms with Gasteiger partial charge in [0.25, 0.3) is 11.5 Å². The van der Waals surface area contributed by atoms with Crippen LogP contribution in [0.1, 0.15) is 21.7 Å². The molecule has 0 aliphatic carbocycles. The number of benzene rings is 1. The maximum Gasteiger partial charge on any atom is 0.270 e. The molecule has 0 bridgehead atoms. The molecule has 0 saturated heterocycles. The number of pyridine rings is 1. The average molecular weight is 371 g/mol. The number of nitrogens with zero attached hydrogens (tertiary/aromatic N) is 3. The SMILES string of the molecule is O=C(c1cc2ccccc2[nH]1)N1CCc2c(nc(-c3cccnc3)[nH]c2=O)C1. The van der Waals surface area contributed by atoms with E-state index in [1.54, 1.807) is 23.4 Å². The summed E-state index contributed by atoms with van der Waals surface area (Å²) >= 11 is 0. The fourth-order valence-electron chi connectivity index (χ4n) is 3.61. The number of rotatable bonds is 2. The molecule has 4 aromatic rings. The first-order valence-electron chi connectivity index (χ1n) is 9.08. The summed E-state index contributed by atoms with van der Waals surface area (Å²) in [6.07, 6.45) is 3.80. The Hall–Kier alpha value is -3.74. The molecule has 0 fully saturated rings. The number of hydrogen-bond donors (Lipinski definition) is 2. The molecule has 138 valence electrons. The maximum absolute atomic E-state index is 13.0. The topological polar surface area (TPSA) is 94.7 Å². The second-order valence-electron chi connectivity index (χ2n) is 6.83. The lowest BCUT2D eigenvalue weighted by Crippen LogP contribution is -2.39. The van der Waals surface area contributed by atoms with E-state index in [9.17, 15) is 9.59 Å². The number of aromatic nitrogens is 4. The van der Waals surface area contributed by atoms with E-state index in [0.717, 1.165) is 16.5 Å². The lowest BCUT2D eigenvalue weighted by Gasteiger charge is -2.27. The zero-order valence-electron chi connectivity index (χ0n) is 15.0. The van der Waals surface area contributed by atoms with Gasteiger partial charge in [0.15, 0.2) is 0 Å². The van der Waals surface area contributed by atoms with Crippen LogP contribution in [0.5, 0.6) is 0 Å². The number of carbonyl (C=O) groups is 1. The average Bonchev–Trinajstić information content (AvgIpc) is 3.17. The van der Waals surface area contributed by atoms with Gasteiger partial charge in [0.1, 0.15) is 11.5 Å². The van der Waals surface area contributed by atoms with Gasteiger partial charge in [-0.15, -0.1) is 0 Å². The Morgan fingerprint density at radius 1 is 1.11 bits per heavy atom. The van der Waals surface area contributed by atoms with E-state index in [4.69, 9.17) is 0 Å². The highest BCUT2D eigenvalue weighted by Gasteiger charge is 2.26. The van der Waals surface area contributed by atoms with Gasteiger partial charge in [0.2, 0.25) is 0 Å². The second kappa shape index (κ2) is 6.45. The summed E-state index contributed by atoms with van der Waals surface area (Å²) in [6, 6.07) is 13.3. The fourth-order valence-corrected chi connectivity index (χ4v) is 3.61. The molecule has 7 nitrogen and oxygen atoms in total. The summed E-state index contributed by atoms with van der Waals surface area (Å²) in [5, 5.41) is 0.997. The smallest absolute Gasteiger partial charge is 0.270 e. The van der Waals surface area contributed by atoms with Crippen molar-refractivity contribution in [3.8, 4) is 11.4 Å². The van der Waals surface area contributed by atoms with Crippen molar-refractivity contribution in [2.24, 2.45) is 0 Å². The van der Waals surface area contributed by atoms with E-state index in [0.29, 0.717) is 42.3 Å². The van der Waals surface area contributed by atoms with Crippen molar-refractivity contribution >= 4 is 16.8 Å². The van der Waals surface area contributed by atoms with Crippen LogP contribution >= 0.6 is 0 Å². The van der Waals surface area contributed by atoms with Crippen LogP contribution in [0.3, 0.4) is 0 Å². The highest BCUT2D eigenvalue weighted by atomic mass is 16.2. The van der Waals surface area contributed by atoms with Gasteiger partial charge in [-0.25, -0.2) is 4.98 Å². The van der Waals surface area contributed by atoms with Gasteiger partial charge < -0.3 is 14.9 Å². The Labute approximate surface area is 160 Å². The van der Waals surface area contributed by atoms with Gasteiger partial charge in [-0.05, 0) is 30.7 Å². The monoisotopic (exact) mass is 371 g/mol. The van der Waals surface area contributed by atoms with Gasteiger partial charge in [0.05, 0.1) is 12.2 Å². The van der Waals surface area contributed by atoms with Gasteiger partial charge in [0, 0.05) is 41.0 Å². The molecule has 5 rings (SSSR count). The number of aromatic amines is 2. The van der Waals surface area contributed by atoms with Gasteiger partial charge >= 0.3 is 0 Å². The molecule has 3 aromatic heterocycles. The molecule has 1 amide bonds. The standard InChI is InChI=1S/C21H17N5O2/c27-20-15-7-9-26(21(28)17-10-13-4-1-2-6-16(13)23-17)12-18(15)24-19(25-20)14-5-3-8-22-11-14/h1-6,8,10-11,23H,7,9,12H2,(H,24,25,27). The minimum absolute atomic E-state index is 0.0909. The van der Waals surface area contributed by atoms with E-state index in [1.807, 2.05) is 36.4 Å². The lowest BCUT2D eigenvalue weighted by molar-refractivity contribution is 0.0726. The molecule has 4 heterocycles. The Kier molecular flexibility index (Phi) is 3.79. The van der Waals surface area contributed by atoms with Gasteiger partial charge in [-0.1, -0.05) is 18.2 Å². The molecular formula is C21H17N5O2. The molecule has 7 heteroatoms. The summed E-state index contributed by atoms with van der Waals surface area (Å²) in [6.45, 7) is 0.791. The molecule has 2 N–H and O–H groups in total. The van der Waals surface area contributed by atoms with Crippen LogP contribution in [0.25, 0.3) is 22.3 Å². The summed E-state index contributed by atoms with van der Waals surface area (Å²) < 4.78 is 0. The Morgan fingerprint density at radius 3 is 2.82 bits per heavy atom. The predicted molar refractivity (Wildman–Crippen MR) is 105 cm³/mol. The predicted octanol–water partition coefficient (Wildman–Crippen LogP) is 2.51. The normalized spacial score (nSPS) is 13.5. The number of fused-ring (bicyclic) bond motifs is 2. The molecule has 0 unspecified atom stereocenters. The first kappa shape index (κ1) is 16.4. The van der Waals surface area contributed by atoms with Crippen LogP contribution in [0.4, 0.5) is 0 Å². The van der Waals surface area contributed by atoms with E-state index in [2.05, 4.69) is 19.9 Å². The lowest BCUT2D eigenvalue weighted by atomic mass is 10.1. The summed E-state index contributed by atoms with van der Waals surface area (Å²) in [5.41, 5.74) is 3.34. The maximum atomic E-state index is 13.0. The first-order valence-corrected chi connectivity index (χ1v) is 9.08. The van der Waals surface area contributed by atoms with Crippen LogP contribution in [-0.4, -0.2) is 37.3 Å². The quantitative estimate of drug-likeness (QED) is 0.566. The second-order valence-corrected chi connectivity index (χ2v) is 6.83. The number of para-hydroxylation sites is 1. The van der Waals surface area contributed by atoms with Crippen molar-refractivity contribution in [1.82, 2.24) is 24.8 Å². The van der Waals surface area contributed by atoms with Crippen molar-refractivity contribution < 1.29 is 4.79 Å². The highest BCUT2D eigenvalue weighted by molar-refractivity contribution is 5.98. The van der Waals surface area contributed by atoms with Crippen LogP contribution in [0.15, 0.2) is 59.7 Å². The zero-order chi connectivity index (χ0) is 19.1. The van der Waals surface area contributed by atoms with Crippen LogP contribution in [0, 0.1) is 0 Å².